The molecule has 1 unspecified atom stereocenters. The van der Waals surface area contributed by atoms with E-state index in [0.717, 1.165) is 17.5 Å². The molecule has 1 atom stereocenters. The summed E-state index contributed by atoms with van der Waals surface area (Å²) in [6.07, 6.45) is 0.975. The van der Waals surface area contributed by atoms with Crippen molar-refractivity contribution in [3.8, 4) is 0 Å². The van der Waals surface area contributed by atoms with Crippen LogP contribution in [0, 0.1) is 0 Å². The van der Waals surface area contributed by atoms with Gasteiger partial charge in [0, 0.05) is 0 Å². The van der Waals surface area contributed by atoms with Crippen LogP contribution in [0.3, 0.4) is 0 Å². The minimum Gasteiger partial charge on any atom is -0.480 e. The number of aliphatic carboxylic acids is 1. The maximum absolute atomic E-state index is 10.8. The average molecular weight is 250 g/mol. The van der Waals surface area contributed by atoms with Crippen molar-refractivity contribution in [2.45, 2.75) is 30.7 Å². The molecular weight excluding hydrogens is 236 g/mol. The fourth-order valence-corrected chi connectivity index (χ4v) is 2.28. The van der Waals surface area contributed by atoms with Crippen LogP contribution in [0.5, 0.6) is 0 Å². The number of benzene rings is 1. The summed E-state index contributed by atoms with van der Waals surface area (Å²) >= 11 is 1.22. The summed E-state index contributed by atoms with van der Waals surface area (Å²) in [5.74, 6) is -0.829. The third-order valence-electron chi connectivity index (χ3n) is 2.57. The van der Waals surface area contributed by atoms with E-state index in [4.69, 9.17) is 5.11 Å². The normalized spacial score (nSPS) is 12.8. The summed E-state index contributed by atoms with van der Waals surface area (Å²) in [6.45, 7) is 3.75. The molecule has 90 valence electrons. The Kier molecular flexibility index (Phi) is 3.38. The third kappa shape index (κ3) is 2.61. The minimum absolute atomic E-state index is 0.499. The number of aromatic amines is 1. The number of rotatable bonds is 4. The van der Waals surface area contributed by atoms with E-state index in [2.05, 4.69) is 23.0 Å². The molecule has 1 aromatic heterocycles. The summed E-state index contributed by atoms with van der Waals surface area (Å²) < 4.78 is 0. The Labute approximate surface area is 103 Å². The van der Waals surface area contributed by atoms with Crippen molar-refractivity contribution >= 4 is 28.8 Å². The Hall–Kier alpha value is -1.49. The van der Waals surface area contributed by atoms with Crippen LogP contribution in [-0.4, -0.2) is 26.3 Å². The molecule has 0 spiro atoms. The van der Waals surface area contributed by atoms with Gasteiger partial charge < -0.3 is 10.1 Å². The van der Waals surface area contributed by atoms with Crippen LogP contribution in [0.2, 0.25) is 0 Å². The lowest BCUT2D eigenvalue weighted by Gasteiger charge is -2.00. The van der Waals surface area contributed by atoms with Gasteiger partial charge in [0.1, 0.15) is 5.25 Å². The number of carbonyl (C=O) groups is 1. The Morgan fingerprint density at radius 3 is 3.00 bits per heavy atom. The summed E-state index contributed by atoms with van der Waals surface area (Å²) in [5, 5.41) is 8.99. The predicted octanol–water partition coefficient (Wildman–Crippen LogP) is 2.69. The summed E-state index contributed by atoms with van der Waals surface area (Å²) in [6, 6.07) is 6.05. The topological polar surface area (TPSA) is 66.0 Å². The number of aromatic nitrogens is 2. The van der Waals surface area contributed by atoms with Crippen LogP contribution in [0.4, 0.5) is 0 Å². The van der Waals surface area contributed by atoms with Crippen molar-refractivity contribution in [1.82, 2.24) is 9.97 Å². The number of hydrogen-bond acceptors (Lipinski definition) is 3. The van der Waals surface area contributed by atoms with E-state index in [1.807, 2.05) is 12.1 Å². The highest BCUT2D eigenvalue weighted by Crippen LogP contribution is 2.24. The first kappa shape index (κ1) is 12.0. The lowest BCUT2D eigenvalue weighted by molar-refractivity contribution is -0.136. The van der Waals surface area contributed by atoms with Crippen LogP contribution < -0.4 is 0 Å². The molecule has 0 aliphatic rings. The van der Waals surface area contributed by atoms with Crippen LogP contribution in [-0.2, 0) is 11.2 Å². The second kappa shape index (κ2) is 4.79. The van der Waals surface area contributed by atoms with Gasteiger partial charge >= 0.3 is 5.97 Å². The summed E-state index contributed by atoms with van der Waals surface area (Å²) in [4.78, 5) is 18.3. The van der Waals surface area contributed by atoms with E-state index in [1.165, 1.54) is 17.3 Å². The Morgan fingerprint density at radius 1 is 1.59 bits per heavy atom. The Balaban J connectivity index is 2.28. The van der Waals surface area contributed by atoms with Crippen LogP contribution in [0.15, 0.2) is 23.4 Å². The molecule has 1 heterocycles. The predicted molar refractivity (Wildman–Crippen MR) is 68.4 cm³/mol. The fraction of sp³-hybridized carbons (Fsp3) is 0.333. The molecule has 0 saturated heterocycles. The minimum atomic E-state index is -0.829. The van der Waals surface area contributed by atoms with Gasteiger partial charge in [-0.15, -0.1) is 0 Å². The van der Waals surface area contributed by atoms with E-state index in [1.54, 1.807) is 6.92 Å². The van der Waals surface area contributed by atoms with Crippen molar-refractivity contribution in [2.24, 2.45) is 0 Å². The van der Waals surface area contributed by atoms with E-state index in [0.29, 0.717) is 5.16 Å². The van der Waals surface area contributed by atoms with Crippen LogP contribution in [0.1, 0.15) is 19.4 Å². The van der Waals surface area contributed by atoms with Gasteiger partial charge in [0.05, 0.1) is 11.0 Å². The Bertz CT molecular complexity index is 550. The zero-order chi connectivity index (χ0) is 12.4. The molecular formula is C12H14N2O2S. The Morgan fingerprint density at radius 2 is 2.35 bits per heavy atom. The number of fused-ring (bicyclic) bond motifs is 1. The monoisotopic (exact) mass is 250 g/mol. The van der Waals surface area contributed by atoms with Crippen LogP contribution >= 0.6 is 11.8 Å². The van der Waals surface area contributed by atoms with Crippen molar-refractivity contribution in [2.75, 3.05) is 0 Å². The van der Waals surface area contributed by atoms with E-state index < -0.39 is 11.2 Å². The average Bonchev–Trinajstić information content (AvgIpc) is 2.69. The molecule has 4 nitrogen and oxygen atoms in total. The first-order valence-electron chi connectivity index (χ1n) is 5.48. The number of imidazole rings is 1. The molecule has 1 aromatic carbocycles. The van der Waals surface area contributed by atoms with E-state index >= 15 is 0 Å². The molecule has 0 fully saturated rings. The van der Waals surface area contributed by atoms with E-state index in [9.17, 15) is 4.79 Å². The SMILES string of the molecule is CCc1ccc2nc(SC(C)C(=O)O)[nH]c2c1. The number of carboxylic acid groups (broad SMARTS) is 1. The smallest absolute Gasteiger partial charge is 0.316 e. The number of nitrogens with zero attached hydrogens (tertiary/aromatic N) is 1. The molecule has 0 bridgehead atoms. The van der Waals surface area contributed by atoms with Gasteiger partial charge in [-0.1, -0.05) is 24.8 Å². The second-order valence-corrected chi connectivity index (χ2v) is 5.17. The molecule has 0 saturated carbocycles. The second-order valence-electron chi connectivity index (χ2n) is 3.85. The lowest BCUT2D eigenvalue weighted by atomic mass is 10.1. The van der Waals surface area contributed by atoms with Gasteiger partial charge in [0.2, 0.25) is 0 Å². The zero-order valence-corrected chi connectivity index (χ0v) is 10.5. The summed E-state index contributed by atoms with van der Waals surface area (Å²) in [5.41, 5.74) is 3.08. The number of nitrogens with one attached hydrogen (secondary N) is 1. The molecule has 5 heteroatoms. The van der Waals surface area contributed by atoms with Crippen molar-refractivity contribution in [3.05, 3.63) is 23.8 Å². The molecule has 0 aliphatic carbocycles. The molecule has 17 heavy (non-hydrogen) atoms. The van der Waals surface area contributed by atoms with Gasteiger partial charge in [0.25, 0.3) is 0 Å². The number of hydrogen-bond donors (Lipinski definition) is 2. The van der Waals surface area contributed by atoms with Gasteiger partial charge in [-0.2, -0.15) is 0 Å². The standard InChI is InChI=1S/C12H14N2O2S/c1-3-8-4-5-9-10(6-8)14-12(13-9)17-7(2)11(15)16/h4-7H,3H2,1-2H3,(H,13,14)(H,15,16). The molecule has 0 aliphatic heterocycles. The van der Waals surface area contributed by atoms with Crippen molar-refractivity contribution in [3.63, 3.8) is 0 Å². The summed E-state index contributed by atoms with van der Waals surface area (Å²) in [7, 11) is 0. The lowest BCUT2D eigenvalue weighted by Crippen LogP contribution is -2.11. The maximum atomic E-state index is 10.8. The van der Waals surface area contributed by atoms with Crippen molar-refractivity contribution < 1.29 is 9.90 Å². The highest BCUT2D eigenvalue weighted by Gasteiger charge is 2.14. The highest BCUT2D eigenvalue weighted by molar-refractivity contribution is 8.00. The van der Waals surface area contributed by atoms with Gasteiger partial charge in [-0.05, 0) is 31.0 Å². The van der Waals surface area contributed by atoms with Gasteiger partial charge in [-0.25, -0.2) is 4.98 Å². The fourth-order valence-electron chi connectivity index (χ4n) is 1.53. The zero-order valence-electron chi connectivity index (χ0n) is 9.73. The maximum Gasteiger partial charge on any atom is 0.316 e. The van der Waals surface area contributed by atoms with E-state index in [-0.39, 0.29) is 0 Å². The first-order chi connectivity index (χ1) is 8.10. The van der Waals surface area contributed by atoms with Gasteiger partial charge in [-0.3, -0.25) is 4.79 Å². The van der Waals surface area contributed by atoms with Crippen LogP contribution in [0.25, 0.3) is 11.0 Å². The number of aryl methyl sites for hydroxylation is 1. The molecule has 2 N–H and O–H groups in total. The molecule has 2 rings (SSSR count). The highest BCUT2D eigenvalue weighted by atomic mass is 32.2. The first-order valence-corrected chi connectivity index (χ1v) is 6.36. The quantitative estimate of drug-likeness (QED) is 0.819. The molecule has 0 radical (unpaired) electrons. The molecule has 2 aromatic rings. The van der Waals surface area contributed by atoms with Gasteiger partial charge in [0.15, 0.2) is 5.16 Å². The number of thioether (sulfide) groups is 1. The number of H-pyrrole nitrogens is 1. The van der Waals surface area contributed by atoms with Crippen molar-refractivity contribution in [1.29, 1.82) is 0 Å². The third-order valence-corrected chi connectivity index (χ3v) is 3.54. The largest absolute Gasteiger partial charge is 0.480 e. The molecule has 0 amide bonds. The number of carboxylic acids is 1.